The molecule has 0 aliphatic carbocycles. The molecule has 0 fully saturated rings. The van der Waals surface area contributed by atoms with Gasteiger partial charge in [-0.05, 0) is 24.5 Å². The number of hydrogen-bond donors (Lipinski definition) is 1. The summed E-state index contributed by atoms with van der Waals surface area (Å²) >= 11 is 0. The summed E-state index contributed by atoms with van der Waals surface area (Å²) in [5, 5.41) is 9.91. The number of aliphatic hydroxyl groups is 1. The molecule has 82 valence electrons. The molecule has 1 nitrogen and oxygen atoms in total. The van der Waals surface area contributed by atoms with E-state index in [0.717, 1.165) is 17.5 Å². The van der Waals surface area contributed by atoms with Gasteiger partial charge in [0.25, 0.3) is 0 Å². The Balaban J connectivity index is 2.57. The fourth-order valence-corrected chi connectivity index (χ4v) is 1.57. The lowest BCUT2D eigenvalue weighted by molar-refractivity contribution is 0.227. The molecule has 1 atom stereocenters. The van der Waals surface area contributed by atoms with Crippen molar-refractivity contribution in [2.75, 3.05) is 0 Å². The van der Waals surface area contributed by atoms with Crippen molar-refractivity contribution in [1.29, 1.82) is 0 Å². The SMILES string of the molecule is CCCCC=CC(O)c1ccccc1C. The Morgan fingerprint density at radius 3 is 2.73 bits per heavy atom. The van der Waals surface area contributed by atoms with Crippen LogP contribution in [0.3, 0.4) is 0 Å². The van der Waals surface area contributed by atoms with Crippen LogP contribution in [0.25, 0.3) is 0 Å². The third kappa shape index (κ3) is 3.88. The van der Waals surface area contributed by atoms with Crippen molar-refractivity contribution in [2.45, 2.75) is 39.2 Å². The maximum atomic E-state index is 9.91. The van der Waals surface area contributed by atoms with Gasteiger partial charge in [-0.1, -0.05) is 56.2 Å². The van der Waals surface area contributed by atoms with E-state index in [1.54, 1.807) is 0 Å². The van der Waals surface area contributed by atoms with Gasteiger partial charge in [0.15, 0.2) is 0 Å². The van der Waals surface area contributed by atoms with Crippen LogP contribution in [0.4, 0.5) is 0 Å². The van der Waals surface area contributed by atoms with Crippen LogP contribution >= 0.6 is 0 Å². The molecule has 0 aromatic heterocycles. The summed E-state index contributed by atoms with van der Waals surface area (Å²) in [6.45, 7) is 4.20. The first-order chi connectivity index (χ1) is 7.25. The number of hydrogen-bond acceptors (Lipinski definition) is 1. The van der Waals surface area contributed by atoms with Crippen molar-refractivity contribution < 1.29 is 5.11 Å². The van der Waals surface area contributed by atoms with Crippen molar-refractivity contribution >= 4 is 0 Å². The predicted molar refractivity (Wildman–Crippen MR) is 64.8 cm³/mol. The molecule has 0 amide bonds. The van der Waals surface area contributed by atoms with Crippen molar-refractivity contribution in [3.63, 3.8) is 0 Å². The Morgan fingerprint density at radius 2 is 2.07 bits per heavy atom. The fourth-order valence-electron chi connectivity index (χ4n) is 1.57. The number of aryl methyl sites for hydroxylation is 1. The van der Waals surface area contributed by atoms with Gasteiger partial charge in [0, 0.05) is 0 Å². The number of allylic oxidation sites excluding steroid dienone is 1. The molecule has 0 saturated carbocycles. The van der Waals surface area contributed by atoms with E-state index >= 15 is 0 Å². The second kappa shape index (κ2) is 6.41. The maximum absolute atomic E-state index is 9.91. The van der Waals surface area contributed by atoms with E-state index in [-0.39, 0.29) is 0 Å². The van der Waals surface area contributed by atoms with E-state index in [1.165, 1.54) is 12.8 Å². The predicted octanol–water partition coefficient (Wildman–Crippen LogP) is 3.77. The van der Waals surface area contributed by atoms with Crippen LogP contribution in [0, 0.1) is 6.92 Å². The summed E-state index contributed by atoms with van der Waals surface area (Å²) < 4.78 is 0. The lowest BCUT2D eigenvalue weighted by Crippen LogP contribution is -1.95. The molecule has 0 bridgehead atoms. The van der Waals surface area contributed by atoms with Gasteiger partial charge >= 0.3 is 0 Å². The largest absolute Gasteiger partial charge is 0.384 e. The van der Waals surface area contributed by atoms with Gasteiger partial charge < -0.3 is 5.11 Å². The molecular weight excluding hydrogens is 184 g/mol. The Bertz CT molecular complexity index is 315. The minimum absolute atomic E-state index is 0.456. The molecule has 15 heavy (non-hydrogen) atoms. The van der Waals surface area contributed by atoms with E-state index in [1.807, 2.05) is 37.3 Å². The molecule has 0 heterocycles. The summed E-state index contributed by atoms with van der Waals surface area (Å²) in [6, 6.07) is 7.96. The Morgan fingerprint density at radius 1 is 1.33 bits per heavy atom. The molecule has 1 aromatic rings. The van der Waals surface area contributed by atoms with Crippen LogP contribution in [0.1, 0.15) is 43.4 Å². The smallest absolute Gasteiger partial charge is 0.0974 e. The van der Waals surface area contributed by atoms with E-state index < -0.39 is 6.10 Å². The molecule has 1 unspecified atom stereocenters. The number of aliphatic hydroxyl groups excluding tert-OH is 1. The van der Waals surface area contributed by atoms with Crippen LogP contribution < -0.4 is 0 Å². The third-order valence-corrected chi connectivity index (χ3v) is 2.55. The van der Waals surface area contributed by atoms with E-state index in [2.05, 4.69) is 13.0 Å². The molecule has 1 aromatic carbocycles. The summed E-state index contributed by atoms with van der Waals surface area (Å²) in [5.41, 5.74) is 2.15. The van der Waals surface area contributed by atoms with E-state index in [4.69, 9.17) is 0 Å². The highest BCUT2D eigenvalue weighted by atomic mass is 16.3. The molecule has 0 spiro atoms. The molecule has 0 saturated heterocycles. The highest BCUT2D eigenvalue weighted by molar-refractivity contribution is 5.29. The van der Waals surface area contributed by atoms with E-state index in [0.29, 0.717) is 0 Å². The summed E-state index contributed by atoms with van der Waals surface area (Å²) in [5.74, 6) is 0. The highest BCUT2D eigenvalue weighted by Crippen LogP contribution is 2.18. The van der Waals surface area contributed by atoms with Gasteiger partial charge in [0.05, 0.1) is 6.10 Å². The second-order valence-electron chi connectivity index (χ2n) is 3.87. The first-order valence-corrected chi connectivity index (χ1v) is 5.66. The minimum Gasteiger partial charge on any atom is -0.384 e. The van der Waals surface area contributed by atoms with Gasteiger partial charge in [-0.15, -0.1) is 0 Å². The molecule has 1 rings (SSSR count). The van der Waals surface area contributed by atoms with Crippen LogP contribution in [-0.4, -0.2) is 5.11 Å². The zero-order chi connectivity index (χ0) is 11.1. The molecule has 0 aliphatic rings. The molecular formula is C14H20O. The molecule has 0 radical (unpaired) electrons. The molecule has 1 heteroatoms. The van der Waals surface area contributed by atoms with Crippen LogP contribution in [0.15, 0.2) is 36.4 Å². The van der Waals surface area contributed by atoms with Crippen LogP contribution in [-0.2, 0) is 0 Å². The average Bonchev–Trinajstić information content (AvgIpc) is 2.25. The normalized spacial score (nSPS) is 13.3. The number of benzene rings is 1. The van der Waals surface area contributed by atoms with Crippen molar-refractivity contribution in [1.82, 2.24) is 0 Å². The van der Waals surface area contributed by atoms with Crippen molar-refractivity contribution in [3.05, 3.63) is 47.5 Å². The zero-order valence-corrected chi connectivity index (χ0v) is 9.61. The van der Waals surface area contributed by atoms with Gasteiger partial charge in [-0.25, -0.2) is 0 Å². The van der Waals surface area contributed by atoms with Gasteiger partial charge in [0.1, 0.15) is 0 Å². The first-order valence-electron chi connectivity index (χ1n) is 5.66. The quantitative estimate of drug-likeness (QED) is 0.571. The van der Waals surface area contributed by atoms with Crippen molar-refractivity contribution in [3.8, 4) is 0 Å². The lowest BCUT2D eigenvalue weighted by atomic mass is 10.0. The maximum Gasteiger partial charge on any atom is 0.0974 e. The monoisotopic (exact) mass is 204 g/mol. The highest BCUT2D eigenvalue weighted by Gasteiger charge is 2.04. The summed E-state index contributed by atoms with van der Waals surface area (Å²) in [7, 11) is 0. The minimum atomic E-state index is -0.456. The van der Waals surface area contributed by atoms with Gasteiger partial charge in [0.2, 0.25) is 0 Å². The van der Waals surface area contributed by atoms with Gasteiger partial charge in [-0.2, -0.15) is 0 Å². The molecule has 1 N–H and O–H groups in total. The van der Waals surface area contributed by atoms with E-state index in [9.17, 15) is 5.11 Å². The lowest BCUT2D eigenvalue weighted by Gasteiger charge is -2.08. The van der Waals surface area contributed by atoms with Crippen molar-refractivity contribution in [2.24, 2.45) is 0 Å². The third-order valence-electron chi connectivity index (χ3n) is 2.55. The number of rotatable bonds is 5. The second-order valence-corrected chi connectivity index (χ2v) is 3.87. The average molecular weight is 204 g/mol. The Labute approximate surface area is 92.5 Å². The zero-order valence-electron chi connectivity index (χ0n) is 9.61. The first kappa shape index (κ1) is 12.0. The topological polar surface area (TPSA) is 20.2 Å². The molecule has 0 aliphatic heterocycles. The fraction of sp³-hybridized carbons (Fsp3) is 0.429. The van der Waals surface area contributed by atoms with Crippen LogP contribution in [0.5, 0.6) is 0 Å². The number of unbranched alkanes of at least 4 members (excludes halogenated alkanes) is 2. The van der Waals surface area contributed by atoms with Crippen LogP contribution in [0.2, 0.25) is 0 Å². The summed E-state index contributed by atoms with van der Waals surface area (Å²) in [6.07, 6.45) is 6.95. The Kier molecular flexibility index (Phi) is 5.13. The summed E-state index contributed by atoms with van der Waals surface area (Å²) in [4.78, 5) is 0. The van der Waals surface area contributed by atoms with Gasteiger partial charge in [-0.3, -0.25) is 0 Å². The standard InChI is InChI=1S/C14H20O/c1-3-4-5-6-11-14(15)13-10-8-7-9-12(13)2/h6-11,14-15H,3-5H2,1-2H3. The Hall–Kier alpha value is -1.08.